The number of carbonyl (C=O) groups excluding carboxylic acids is 1. The van der Waals surface area contributed by atoms with Crippen LogP contribution in [0.1, 0.15) is 28.8 Å². The molecule has 0 aliphatic rings. The fourth-order valence-electron chi connectivity index (χ4n) is 2.18. The summed E-state index contributed by atoms with van der Waals surface area (Å²) in [5.74, 6) is 1.63. The first kappa shape index (κ1) is 18.4. The van der Waals surface area contributed by atoms with Gasteiger partial charge < -0.3 is 25.5 Å². The van der Waals surface area contributed by atoms with E-state index in [4.69, 9.17) is 14.9 Å². The van der Waals surface area contributed by atoms with E-state index in [1.54, 1.807) is 19.2 Å². The molecule has 1 heterocycles. The first-order chi connectivity index (χ1) is 12.0. The van der Waals surface area contributed by atoms with E-state index in [2.05, 4.69) is 15.6 Å². The van der Waals surface area contributed by atoms with Gasteiger partial charge in [0.2, 0.25) is 0 Å². The minimum Gasteiger partial charge on any atom is -0.489 e. The maximum Gasteiger partial charge on any atom is 0.284 e. The highest BCUT2D eigenvalue weighted by Gasteiger charge is 2.09. The van der Waals surface area contributed by atoms with Crippen LogP contribution in [-0.4, -0.2) is 31.6 Å². The van der Waals surface area contributed by atoms with Crippen molar-refractivity contribution < 1.29 is 13.9 Å². The molecule has 0 radical (unpaired) electrons. The Morgan fingerprint density at radius 3 is 2.68 bits per heavy atom. The summed E-state index contributed by atoms with van der Waals surface area (Å²) in [5, 5.41) is 6.30. The van der Waals surface area contributed by atoms with Crippen molar-refractivity contribution in [2.45, 2.75) is 26.5 Å². The van der Waals surface area contributed by atoms with E-state index in [-0.39, 0.29) is 11.9 Å². The number of nitrogens with zero attached hydrogens (tertiary/aromatic N) is 1. The van der Waals surface area contributed by atoms with Crippen LogP contribution in [-0.2, 0) is 6.54 Å². The largest absolute Gasteiger partial charge is 0.489 e. The Balaban J connectivity index is 1.79. The van der Waals surface area contributed by atoms with Crippen LogP contribution >= 0.6 is 0 Å². The molecule has 7 heteroatoms. The number of ether oxygens (including phenoxy) is 1. The van der Waals surface area contributed by atoms with Crippen molar-refractivity contribution in [2.24, 2.45) is 10.7 Å². The molecule has 1 aromatic heterocycles. The number of benzene rings is 1. The molecule has 2 aromatic rings. The number of nitrogens with one attached hydrogen (secondary N) is 2. The number of carbonyl (C=O) groups is 1. The number of guanidine groups is 1. The van der Waals surface area contributed by atoms with Gasteiger partial charge in [-0.3, -0.25) is 9.79 Å². The average Bonchev–Trinajstić information content (AvgIpc) is 3.06. The lowest BCUT2D eigenvalue weighted by Gasteiger charge is -2.18. The Morgan fingerprint density at radius 1 is 1.28 bits per heavy atom. The summed E-state index contributed by atoms with van der Waals surface area (Å²) in [7, 11) is 1.68. The van der Waals surface area contributed by atoms with Gasteiger partial charge in [-0.1, -0.05) is 18.2 Å². The molecule has 2 rings (SSSR count). The predicted molar refractivity (Wildman–Crippen MR) is 96.7 cm³/mol. The Labute approximate surface area is 147 Å². The third-order valence-corrected chi connectivity index (χ3v) is 3.54. The topological polar surface area (TPSA) is 102 Å². The normalized spacial score (nSPS) is 12.5. The van der Waals surface area contributed by atoms with Crippen LogP contribution in [0.15, 0.2) is 45.8 Å². The molecule has 0 aliphatic carbocycles. The van der Waals surface area contributed by atoms with E-state index in [1.807, 2.05) is 38.1 Å². The molecule has 0 saturated heterocycles. The second-order valence-corrected chi connectivity index (χ2v) is 5.63. The van der Waals surface area contributed by atoms with Crippen molar-refractivity contribution in [3.05, 3.63) is 53.5 Å². The van der Waals surface area contributed by atoms with Crippen LogP contribution in [0.5, 0.6) is 5.75 Å². The molecular weight excluding hydrogens is 320 g/mol. The zero-order valence-electron chi connectivity index (χ0n) is 14.7. The summed E-state index contributed by atoms with van der Waals surface area (Å²) in [5.41, 5.74) is 6.26. The van der Waals surface area contributed by atoms with Crippen molar-refractivity contribution in [2.75, 3.05) is 13.6 Å². The van der Waals surface area contributed by atoms with Gasteiger partial charge in [-0.15, -0.1) is 0 Å². The van der Waals surface area contributed by atoms with E-state index >= 15 is 0 Å². The van der Waals surface area contributed by atoms with E-state index in [0.717, 1.165) is 11.3 Å². The lowest BCUT2D eigenvalue weighted by Crippen LogP contribution is -2.41. The number of hydrogen-bond donors (Lipinski definition) is 3. The number of rotatable bonds is 7. The van der Waals surface area contributed by atoms with Gasteiger partial charge in [-0.25, -0.2) is 0 Å². The minimum absolute atomic E-state index is 0.0373. The summed E-state index contributed by atoms with van der Waals surface area (Å²) in [6.45, 7) is 4.97. The molecule has 0 spiro atoms. The van der Waals surface area contributed by atoms with E-state index < -0.39 is 5.91 Å². The van der Waals surface area contributed by atoms with Crippen molar-refractivity contribution in [1.82, 2.24) is 10.6 Å². The standard InChI is InChI=1S/C18H24N4O3/c1-12-6-4-5-7-15(12)24-13(2)10-21-18(20-3)22-11-14-8-9-16(25-14)17(19)23/h4-9,13H,10-11H2,1-3H3,(H2,19,23)(H2,20,21,22). The van der Waals surface area contributed by atoms with Crippen molar-refractivity contribution in [1.29, 1.82) is 0 Å². The van der Waals surface area contributed by atoms with Gasteiger partial charge in [0.05, 0.1) is 13.1 Å². The summed E-state index contributed by atoms with van der Waals surface area (Å²) < 4.78 is 11.2. The van der Waals surface area contributed by atoms with Crippen LogP contribution in [0.4, 0.5) is 0 Å². The van der Waals surface area contributed by atoms with Crippen molar-refractivity contribution in [3.63, 3.8) is 0 Å². The molecule has 0 saturated carbocycles. The lowest BCUT2D eigenvalue weighted by molar-refractivity contribution is 0.0972. The fraction of sp³-hybridized carbons (Fsp3) is 0.333. The molecule has 134 valence electrons. The third-order valence-electron chi connectivity index (χ3n) is 3.54. The highest BCUT2D eigenvalue weighted by atomic mass is 16.5. The smallest absolute Gasteiger partial charge is 0.284 e. The third kappa shape index (κ3) is 5.56. The lowest BCUT2D eigenvalue weighted by atomic mass is 10.2. The number of furan rings is 1. The zero-order valence-corrected chi connectivity index (χ0v) is 14.7. The van der Waals surface area contributed by atoms with Crippen LogP contribution in [0.2, 0.25) is 0 Å². The van der Waals surface area contributed by atoms with Gasteiger partial charge >= 0.3 is 0 Å². The monoisotopic (exact) mass is 344 g/mol. The van der Waals surface area contributed by atoms with Crippen molar-refractivity contribution in [3.8, 4) is 5.75 Å². The minimum atomic E-state index is -0.587. The van der Waals surface area contributed by atoms with Gasteiger partial charge in [0.1, 0.15) is 17.6 Å². The van der Waals surface area contributed by atoms with Gasteiger partial charge in [0, 0.05) is 7.05 Å². The van der Waals surface area contributed by atoms with E-state index in [9.17, 15) is 4.79 Å². The molecule has 7 nitrogen and oxygen atoms in total. The van der Waals surface area contributed by atoms with Crippen molar-refractivity contribution >= 4 is 11.9 Å². The number of hydrogen-bond acceptors (Lipinski definition) is 4. The zero-order chi connectivity index (χ0) is 18.2. The van der Waals surface area contributed by atoms with E-state index in [0.29, 0.717) is 24.8 Å². The summed E-state index contributed by atoms with van der Waals surface area (Å²) in [6, 6.07) is 11.1. The first-order valence-electron chi connectivity index (χ1n) is 8.05. The number of primary amides is 1. The number of aryl methyl sites for hydroxylation is 1. The second kappa shape index (κ2) is 8.77. The van der Waals surface area contributed by atoms with Gasteiger partial charge in [-0.2, -0.15) is 0 Å². The van der Waals surface area contributed by atoms with Crippen LogP contribution in [0, 0.1) is 6.92 Å². The highest BCUT2D eigenvalue weighted by molar-refractivity contribution is 5.89. The Bertz CT molecular complexity index is 739. The van der Waals surface area contributed by atoms with Crippen LogP contribution in [0.25, 0.3) is 0 Å². The Morgan fingerprint density at radius 2 is 2.04 bits per heavy atom. The maximum atomic E-state index is 11.0. The highest BCUT2D eigenvalue weighted by Crippen LogP contribution is 2.17. The molecule has 4 N–H and O–H groups in total. The van der Waals surface area contributed by atoms with E-state index in [1.165, 1.54) is 0 Å². The molecule has 1 aromatic carbocycles. The maximum absolute atomic E-state index is 11.0. The van der Waals surface area contributed by atoms with Crippen LogP contribution in [0.3, 0.4) is 0 Å². The molecule has 1 amide bonds. The molecule has 0 aliphatic heterocycles. The summed E-state index contributed by atoms with van der Waals surface area (Å²) in [4.78, 5) is 15.2. The second-order valence-electron chi connectivity index (χ2n) is 5.63. The summed E-state index contributed by atoms with van der Waals surface area (Å²) in [6.07, 6.45) is -0.0373. The van der Waals surface area contributed by atoms with Crippen LogP contribution < -0.4 is 21.1 Å². The fourth-order valence-corrected chi connectivity index (χ4v) is 2.18. The van der Waals surface area contributed by atoms with Gasteiger partial charge in [0.25, 0.3) is 5.91 Å². The molecule has 1 atom stereocenters. The number of nitrogens with two attached hydrogens (primary N) is 1. The SMILES string of the molecule is CN=C(NCc1ccc(C(N)=O)o1)NCC(C)Oc1ccccc1C. The summed E-state index contributed by atoms with van der Waals surface area (Å²) >= 11 is 0. The molecular formula is C18H24N4O3. The molecule has 25 heavy (non-hydrogen) atoms. The van der Waals surface area contributed by atoms with Gasteiger partial charge in [-0.05, 0) is 37.6 Å². The number of para-hydroxylation sites is 1. The quantitative estimate of drug-likeness (QED) is 0.525. The Hall–Kier alpha value is -2.96. The number of aliphatic imine (C=N–C) groups is 1. The Kier molecular flexibility index (Phi) is 6.45. The predicted octanol–water partition coefficient (Wildman–Crippen LogP) is 1.82. The molecule has 0 fully saturated rings. The number of amides is 1. The average molecular weight is 344 g/mol. The first-order valence-corrected chi connectivity index (χ1v) is 8.05. The molecule has 0 bridgehead atoms. The molecule has 1 unspecified atom stereocenters. The van der Waals surface area contributed by atoms with Gasteiger partial charge in [0.15, 0.2) is 11.7 Å².